The van der Waals surface area contributed by atoms with Gasteiger partial charge in [0.05, 0.1) is 5.92 Å². The van der Waals surface area contributed by atoms with Gasteiger partial charge < -0.3 is 19.9 Å². The highest BCUT2D eigenvalue weighted by atomic mass is 16.5. The lowest BCUT2D eigenvalue weighted by Crippen LogP contribution is -2.44. The van der Waals surface area contributed by atoms with E-state index in [1.165, 1.54) is 6.92 Å². The number of nitrogens with one attached hydrogen (secondary N) is 1. The molecule has 0 radical (unpaired) electrons. The number of carbonyl (C=O) groups is 3. The van der Waals surface area contributed by atoms with Crippen molar-refractivity contribution < 1.29 is 19.1 Å². The van der Waals surface area contributed by atoms with Gasteiger partial charge in [0.15, 0.2) is 0 Å². The molecule has 0 aromatic rings. The second kappa shape index (κ2) is 7.58. The van der Waals surface area contributed by atoms with Crippen LogP contribution in [-0.2, 0) is 19.1 Å². The molecule has 1 N–H and O–H groups in total. The largest absolute Gasteiger partial charge is 0.381 e. The monoisotopic (exact) mass is 311 g/mol. The third kappa shape index (κ3) is 3.97. The van der Waals surface area contributed by atoms with E-state index < -0.39 is 0 Å². The van der Waals surface area contributed by atoms with E-state index in [9.17, 15) is 14.4 Å². The van der Waals surface area contributed by atoms with Gasteiger partial charge in [-0.3, -0.25) is 14.4 Å². The van der Waals surface area contributed by atoms with Crippen LogP contribution in [0.25, 0.3) is 0 Å². The van der Waals surface area contributed by atoms with Gasteiger partial charge in [-0.05, 0) is 12.8 Å². The third-order valence-corrected chi connectivity index (χ3v) is 4.47. The summed E-state index contributed by atoms with van der Waals surface area (Å²) >= 11 is 0. The van der Waals surface area contributed by atoms with E-state index in [2.05, 4.69) is 5.32 Å². The van der Waals surface area contributed by atoms with E-state index in [-0.39, 0.29) is 29.6 Å². The average molecular weight is 311 g/mol. The fourth-order valence-electron chi connectivity index (χ4n) is 3.07. The van der Waals surface area contributed by atoms with Crippen LogP contribution in [0.1, 0.15) is 19.8 Å². The number of amides is 3. The van der Waals surface area contributed by atoms with Crippen LogP contribution in [0.5, 0.6) is 0 Å². The lowest BCUT2D eigenvalue weighted by Gasteiger charge is -2.29. The van der Waals surface area contributed by atoms with E-state index in [0.29, 0.717) is 39.4 Å². The zero-order valence-corrected chi connectivity index (χ0v) is 13.3. The van der Waals surface area contributed by atoms with Crippen molar-refractivity contribution >= 4 is 17.7 Å². The molecule has 7 heteroatoms. The van der Waals surface area contributed by atoms with Crippen molar-refractivity contribution in [3.05, 3.63) is 0 Å². The molecule has 2 saturated heterocycles. The highest BCUT2D eigenvalue weighted by Crippen LogP contribution is 2.20. The number of hydrogen-bond acceptors (Lipinski definition) is 4. The molecule has 0 aromatic carbocycles. The minimum absolute atomic E-state index is 0.0250. The average Bonchev–Trinajstić information content (AvgIpc) is 2.77. The molecule has 2 aliphatic heterocycles. The maximum absolute atomic E-state index is 12.7. The van der Waals surface area contributed by atoms with Crippen LogP contribution in [0.15, 0.2) is 0 Å². The highest BCUT2D eigenvalue weighted by Gasteiger charge is 2.33. The topological polar surface area (TPSA) is 79.0 Å². The lowest BCUT2D eigenvalue weighted by atomic mass is 9.98. The van der Waals surface area contributed by atoms with Gasteiger partial charge in [0, 0.05) is 59.3 Å². The highest BCUT2D eigenvalue weighted by molar-refractivity contribution is 5.83. The van der Waals surface area contributed by atoms with Crippen molar-refractivity contribution in [3.8, 4) is 0 Å². The normalized spacial score (nSPS) is 23.8. The van der Waals surface area contributed by atoms with Crippen molar-refractivity contribution in [2.45, 2.75) is 19.8 Å². The Kier molecular flexibility index (Phi) is 5.76. The van der Waals surface area contributed by atoms with Crippen molar-refractivity contribution in [1.29, 1.82) is 0 Å². The summed E-state index contributed by atoms with van der Waals surface area (Å²) in [5, 5.41) is 2.63. The number of rotatable bonds is 2. The van der Waals surface area contributed by atoms with Crippen LogP contribution in [0, 0.1) is 11.8 Å². The Morgan fingerprint density at radius 2 is 1.59 bits per heavy atom. The second-order valence-electron chi connectivity index (χ2n) is 5.95. The summed E-state index contributed by atoms with van der Waals surface area (Å²) in [6.07, 6.45) is 1.47. The standard InChI is InChI=1S/C15H25N3O4/c1-11(19)17-5-6-18(10-13(9-17)14(20)16-2)15(21)12-3-7-22-8-4-12/h12-13H,3-10H2,1-2H3,(H,16,20)/t13-/m0/s1. The summed E-state index contributed by atoms with van der Waals surface area (Å²) in [5.74, 6) is -0.502. The molecule has 124 valence electrons. The van der Waals surface area contributed by atoms with Gasteiger partial charge in [-0.15, -0.1) is 0 Å². The Balaban J connectivity index is 2.08. The minimum Gasteiger partial charge on any atom is -0.381 e. The van der Waals surface area contributed by atoms with Gasteiger partial charge in [0.25, 0.3) is 0 Å². The molecule has 1 atom stereocenters. The Morgan fingerprint density at radius 3 is 2.18 bits per heavy atom. The molecule has 2 heterocycles. The first-order valence-electron chi connectivity index (χ1n) is 7.86. The van der Waals surface area contributed by atoms with Crippen molar-refractivity contribution in [1.82, 2.24) is 15.1 Å². The van der Waals surface area contributed by atoms with Crippen LogP contribution < -0.4 is 5.32 Å². The molecular weight excluding hydrogens is 286 g/mol. The fourth-order valence-corrected chi connectivity index (χ4v) is 3.07. The lowest BCUT2D eigenvalue weighted by molar-refractivity contribution is -0.139. The van der Waals surface area contributed by atoms with Crippen LogP contribution in [0.4, 0.5) is 0 Å². The minimum atomic E-state index is -0.375. The third-order valence-electron chi connectivity index (χ3n) is 4.47. The summed E-state index contributed by atoms with van der Waals surface area (Å²) in [6, 6.07) is 0. The molecule has 0 aromatic heterocycles. The predicted molar refractivity (Wildman–Crippen MR) is 79.9 cm³/mol. The van der Waals surface area contributed by atoms with Gasteiger partial charge >= 0.3 is 0 Å². The van der Waals surface area contributed by atoms with Gasteiger partial charge in [0.1, 0.15) is 0 Å². The molecule has 3 amide bonds. The van der Waals surface area contributed by atoms with Crippen molar-refractivity contribution in [2.75, 3.05) is 46.4 Å². The fraction of sp³-hybridized carbons (Fsp3) is 0.800. The maximum atomic E-state index is 12.7. The summed E-state index contributed by atoms with van der Waals surface area (Å²) in [4.78, 5) is 39.8. The summed E-state index contributed by atoms with van der Waals surface area (Å²) in [5.41, 5.74) is 0. The molecule has 0 bridgehead atoms. The predicted octanol–water partition coefficient (Wildman–Crippen LogP) is -0.534. The van der Waals surface area contributed by atoms with Crippen LogP contribution in [-0.4, -0.2) is 74.0 Å². The SMILES string of the molecule is CNC(=O)[C@H]1CN(C(C)=O)CCN(C(=O)C2CCOCC2)C1. The quantitative estimate of drug-likeness (QED) is 0.743. The van der Waals surface area contributed by atoms with E-state index >= 15 is 0 Å². The van der Waals surface area contributed by atoms with Gasteiger partial charge in [0.2, 0.25) is 17.7 Å². The van der Waals surface area contributed by atoms with Crippen molar-refractivity contribution in [3.63, 3.8) is 0 Å². The first-order valence-corrected chi connectivity index (χ1v) is 7.86. The molecule has 0 unspecified atom stereocenters. The molecule has 2 aliphatic rings. The molecular formula is C15H25N3O4. The molecule has 22 heavy (non-hydrogen) atoms. The Hall–Kier alpha value is -1.63. The smallest absolute Gasteiger partial charge is 0.226 e. The van der Waals surface area contributed by atoms with E-state index in [1.54, 1.807) is 16.8 Å². The van der Waals surface area contributed by atoms with Crippen LogP contribution >= 0.6 is 0 Å². The summed E-state index contributed by atoms with van der Waals surface area (Å²) in [6.45, 7) is 4.44. The van der Waals surface area contributed by atoms with Crippen LogP contribution in [0.2, 0.25) is 0 Å². The van der Waals surface area contributed by atoms with Gasteiger partial charge in [-0.2, -0.15) is 0 Å². The van der Waals surface area contributed by atoms with Crippen LogP contribution in [0.3, 0.4) is 0 Å². The second-order valence-corrected chi connectivity index (χ2v) is 5.95. The number of carbonyl (C=O) groups excluding carboxylic acids is 3. The summed E-state index contributed by atoms with van der Waals surface area (Å²) in [7, 11) is 1.58. The molecule has 0 saturated carbocycles. The van der Waals surface area contributed by atoms with E-state index in [1.807, 2.05) is 0 Å². The maximum Gasteiger partial charge on any atom is 0.226 e. The Morgan fingerprint density at radius 1 is 1.00 bits per heavy atom. The first-order chi connectivity index (χ1) is 10.5. The Bertz CT molecular complexity index is 435. The van der Waals surface area contributed by atoms with E-state index in [4.69, 9.17) is 4.74 Å². The molecule has 0 aliphatic carbocycles. The zero-order chi connectivity index (χ0) is 16.1. The Labute approximate surface area is 131 Å². The van der Waals surface area contributed by atoms with Gasteiger partial charge in [-0.25, -0.2) is 0 Å². The van der Waals surface area contributed by atoms with Crippen molar-refractivity contribution in [2.24, 2.45) is 11.8 Å². The molecule has 0 spiro atoms. The zero-order valence-electron chi connectivity index (χ0n) is 13.3. The van der Waals surface area contributed by atoms with E-state index in [0.717, 1.165) is 12.8 Å². The number of nitrogens with zero attached hydrogens (tertiary/aromatic N) is 2. The van der Waals surface area contributed by atoms with Gasteiger partial charge in [-0.1, -0.05) is 0 Å². The first kappa shape index (κ1) is 16.7. The summed E-state index contributed by atoms with van der Waals surface area (Å²) < 4.78 is 5.30. The molecule has 2 fully saturated rings. The molecule has 2 rings (SSSR count). The number of ether oxygens (including phenoxy) is 1. The molecule has 7 nitrogen and oxygen atoms in total. The number of hydrogen-bond donors (Lipinski definition) is 1.